The van der Waals surface area contributed by atoms with Gasteiger partial charge >= 0.3 is 6.03 Å². The molecule has 254 valence electrons. The van der Waals surface area contributed by atoms with Crippen LogP contribution in [0.5, 0.6) is 0 Å². The number of carbonyl (C=O) groups is 1. The molecule has 11 nitrogen and oxygen atoms in total. The Balaban J connectivity index is 1.12. The molecule has 5 aromatic rings. The first-order chi connectivity index (χ1) is 23.8. The molecule has 7 rings (SSSR count). The highest BCUT2D eigenvalue weighted by Crippen LogP contribution is 2.37. The number of benzene rings is 3. The van der Waals surface area contributed by atoms with Crippen molar-refractivity contribution in [3.8, 4) is 11.3 Å². The first-order valence-corrected chi connectivity index (χ1v) is 17.3. The van der Waals surface area contributed by atoms with Crippen LogP contribution in [0.2, 0.25) is 0 Å². The Bertz CT molecular complexity index is 1860. The molecule has 1 saturated heterocycles. The summed E-state index contributed by atoms with van der Waals surface area (Å²) in [7, 11) is 6.19. The average molecular weight is 659 g/mol. The van der Waals surface area contributed by atoms with Crippen LogP contribution in [0.25, 0.3) is 22.3 Å². The second-order valence-electron chi connectivity index (χ2n) is 13.6. The lowest BCUT2D eigenvalue weighted by Crippen LogP contribution is -2.49. The molecule has 3 heterocycles. The van der Waals surface area contributed by atoms with Crippen LogP contribution < -0.4 is 21.3 Å². The Morgan fingerprint density at radius 1 is 0.837 bits per heavy atom. The molecule has 2 amide bonds. The van der Waals surface area contributed by atoms with Crippen molar-refractivity contribution in [2.45, 2.75) is 43.8 Å². The maximum Gasteiger partial charge on any atom is 0.319 e. The second kappa shape index (κ2) is 14.2. The standard InChI is InChI=1S/C38H46N10O/c1-45(2)30-15-13-29(14-16-30)42-38(49)43-34(26-7-5-4-6-8-26)27-9-11-28(12-10-27)35-33-36(39)40-25-41-37(33)48(44-35)32-19-17-31(18-20-32)47-23-21-46(3)22-24-47/h4-16,25,31-32,34H,17-24H2,1-3H3,(H2,39,40,41)(H2,42,43,49). The number of anilines is 3. The Kier molecular flexibility index (Phi) is 9.45. The van der Waals surface area contributed by atoms with Crippen molar-refractivity contribution in [3.63, 3.8) is 0 Å². The first-order valence-electron chi connectivity index (χ1n) is 17.3. The number of carbonyl (C=O) groups excluding carboxylic acids is 1. The molecular weight excluding hydrogens is 612 g/mol. The van der Waals surface area contributed by atoms with Gasteiger partial charge in [-0.15, -0.1) is 0 Å². The summed E-state index contributed by atoms with van der Waals surface area (Å²) in [6.07, 6.45) is 5.97. The number of fused-ring (bicyclic) bond motifs is 1. The molecule has 0 radical (unpaired) electrons. The van der Waals surface area contributed by atoms with Crippen molar-refractivity contribution < 1.29 is 4.79 Å². The summed E-state index contributed by atoms with van der Waals surface area (Å²) in [5.74, 6) is 0.431. The molecule has 1 saturated carbocycles. The van der Waals surface area contributed by atoms with E-state index in [1.807, 2.05) is 97.9 Å². The Labute approximate surface area is 288 Å². The van der Waals surface area contributed by atoms with Crippen molar-refractivity contribution in [2.75, 3.05) is 63.3 Å². The van der Waals surface area contributed by atoms with E-state index < -0.39 is 0 Å². The minimum absolute atomic E-state index is 0.262. The summed E-state index contributed by atoms with van der Waals surface area (Å²) in [5.41, 5.74) is 12.7. The van der Waals surface area contributed by atoms with Gasteiger partial charge in [0.25, 0.3) is 0 Å². The Hall–Kier alpha value is -5.00. The summed E-state index contributed by atoms with van der Waals surface area (Å²) >= 11 is 0. The van der Waals surface area contributed by atoms with Gasteiger partial charge in [0.2, 0.25) is 0 Å². The number of urea groups is 1. The molecule has 4 N–H and O–H groups in total. The van der Waals surface area contributed by atoms with Crippen LogP contribution in [0, 0.1) is 0 Å². The van der Waals surface area contributed by atoms with Crippen LogP contribution in [-0.2, 0) is 0 Å². The number of hydrogen-bond donors (Lipinski definition) is 3. The largest absolute Gasteiger partial charge is 0.383 e. The third-order valence-corrected chi connectivity index (χ3v) is 10.2. The molecule has 0 bridgehead atoms. The van der Waals surface area contributed by atoms with Gasteiger partial charge in [-0.1, -0.05) is 54.6 Å². The van der Waals surface area contributed by atoms with Crippen molar-refractivity contribution in [3.05, 3.63) is 96.3 Å². The van der Waals surface area contributed by atoms with Crippen LogP contribution in [-0.4, -0.2) is 88.9 Å². The minimum atomic E-state index is -0.366. The minimum Gasteiger partial charge on any atom is -0.383 e. The average Bonchev–Trinajstić information content (AvgIpc) is 3.53. The van der Waals surface area contributed by atoms with Gasteiger partial charge in [-0.05, 0) is 68.1 Å². The van der Waals surface area contributed by atoms with Gasteiger partial charge in [0.15, 0.2) is 5.65 Å². The number of nitrogens with zero attached hydrogens (tertiary/aromatic N) is 7. The lowest BCUT2D eigenvalue weighted by molar-refractivity contribution is 0.0815. The van der Waals surface area contributed by atoms with Gasteiger partial charge in [-0.2, -0.15) is 5.10 Å². The predicted molar refractivity (Wildman–Crippen MR) is 197 cm³/mol. The summed E-state index contributed by atoms with van der Waals surface area (Å²) in [5, 5.41) is 12.1. The van der Waals surface area contributed by atoms with E-state index in [4.69, 9.17) is 10.8 Å². The third-order valence-electron chi connectivity index (χ3n) is 10.2. The predicted octanol–water partition coefficient (Wildman–Crippen LogP) is 5.78. The van der Waals surface area contributed by atoms with Gasteiger partial charge in [0.05, 0.1) is 17.5 Å². The normalized spacial score (nSPS) is 19.4. The van der Waals surface area contributed by atoms with Crippen molar-refractivity contribution >= 4 is 34.3 Å². The lowest BCUT2D eigenvalue weighted by Gasteiger charge is -2.41. The quantitative estimate of drug-likeness (QED) is 0.192. The summed E-state index contributed by atoms with van der Waals surface area (Å²) in [6.45, 7) is 4.58. The van der Waals surface area contributed by atoms with Crippen LogP contribution in [0.15, 0.2) is 85.2 Å². The summed E-state index contributed by atoms with van der Waals surface area (Å²) in [4.78, 5) is 29.4. The smallest absolute Gasteiger partial charge is 0.319 e. The Morgan fingerprint density at radius 2 is 1.49 bits per heavy atom. The van der Waals surface area contributed by atoms with E-state index in [2.05, 4.69) is 42.1 Å². The molecule has 1 aliphatic carbocycles. The SMILES string of the molecule is CN1CCN(C2CCC(n3nc(-c4ccc(C(NC(=O)Nc5ccc(N(C)C)cc5)c5ccccc5)cc4)c4c(N)ncnc43)CC2)CC1. The topological polar surface area (TPSA) is 120 Å². The fourth-order valence-electron chi connectivity index (χ4n) is 7.29. The zero-order valence-electron chi connectivity index (χ0n) is 28.6. The van der Waals surface area contributed by atoms with E-state index in [0.29, 0.717) is 11.9 Å². The molecule has 1 aliphatic heterocycles. The molecule has 49 heavy (non-hydrogen) atoms. The monoisotopic (exact) mass is 658 g/mol. The maximum absolute atomic E-state index is 13.3. The van der Waals surface area contributed by atoms with E-state index in [0.717, 1.165) is 96.7 Å². The molecule has 2 fully saturated rings. The van der Waals surface area contributed by atoms with E-state index in [-0.39, 0.29) is 18.1 Å². The molecule has 1 atom stereocenters. The first kappa shape index (κ1) is 32.5. The maximum atomic E-state index is 13.3. The highest BCUT2D eigenvalue weighted by atomic mass is 16.2. The van der Waals surface area contributed by atoms with Gasteiger partial charge in [0.1, 0.15) is 17.8 Å². The third kappa shape index (κ3) is 7.09. The summed E-state index contributed by atoms with van der Waals surface area (Å²) in [6, 6.07) is 26.2. The number of likely N-dealkylation sites (N-methyl/N-ethyl adjacent to an activating group) is 1. The highest BCUT2D eigenvalue weighted by molar-refractivity contribution is 5.98. The number of aromatic nitrogens is 4. The fraction of sp³-hybridized carbons (Fsp3) is 0.368. The molecule has 3 aromatic carbocycles. The summed E-state index contributed by atoms with van der Waals surface area (Å²) < 4.78 is 2.10. The molecule has 1 unspecified atom stereocenters. The van der Waals surface area contributed by atoms with Gasteiger partial charge in [-0.25, -0.2) is 19.4 Å². The molecule has 2 aliphatic rings. The van der Waals surface area contributed by atoms with Crippen molar-refractivity contribution in [2.24, 2.45) is 0 Å². The number of rotatable bonds is 8. The van der Waals surface area contributed by atoms with Crippen LogP contribution >= 0.6 is 0 Å². The number of nitrogens with two attached hydrogens (primary N) is 1. The number of piperazine rings is 1. The van der Waals surface area contributed by atoms with Crippen LogP contribution in [0.1, 0.15) is 48.9 Å². The van der Waals surface area contributed by atoms with Crippen LogP contribution in [0.3, 0.4) is 0 Å². The van der Waals surface area contributed by atoms with E-state index in [9.17, 15) is 4.79 Å². The van der Waals surface area contributed by atoms with E-state index >= 15 is 0 Å². The highest BCUT2D eigenvalue weighted by Gasteiger charge is 2.31. The van der Waals surface area contributed by atoms with E-state index in [1.54, 1.807) is 0 Å². The number of amides is 2. The fourth-order valence-corrected chi connectivity index (χ4v) is 7.29. The molecule has 0 spiro atoms. The number of nitrogens with one attached hydrogen (secondary N) is 2. The van der Waals surface area contributed by atoms with Gasteiger partial charge in [0, 0.05) is 63.3 Å². The number of nitrogen functional groups attached to an aromatic ring is 1. The lowest BCUT2D eigenvalue weighted by atomic mass is 9.90. The van der Waals surface area contributed by atoms with E-state index in [1.165, 1.54) is 6.33 Å². The zero-order valence-corrected chi connectivity index (χ0v) is 28.6. The Morgan fingerprint density at radius 3 is 2.16 bits per heavy atom. The van der Waals surface area contributed by atoms with Gasteiger partial charge < -0.3 is 26.2 Å². The zero-order chi connectivity index (χ0) is 33.9. The molecular formula is C38H46N10O. The van der Waals surface area contributed by atoms with Gasteiger partial charge in [-0.3, -0.25) is 4.90 Å². The molecule has 2 aromatic heterocycles. The second-order valence-corrected chi connectivity index (χ2v) is 13.6. The van der Waals surface area contributed by atoms with Crippen molar-refractivity contribution in [1.82, 2.24) is 34.9 Å². The van der Waals surface area contributed by atoms with Crippen molar-refractivity contribution in [1.29, 1.82) is 0 Å². The molecule has 11 heteroatoms. The van der Waals surface area contributed by atoms with Crippen LogP contribution in [0.4, 0.5) is 22.0 Å². The number of hydrogen-bond acceptors (Lipinski definition) is 8.